The Bertz CT molecular complexity index is 2020. The molecule has 228 valence electrons. The van der Waals surface area contributed by atoms with Gasteiger partial charge in [0.25, 0.3) is 11.2 Å². The number of ether oxygens (including phenoxy) is 4. The van der Waals surface area contributed by atoms with Crippen molar-refractivity contribution in [3.8, 4) is 34.4 Å². The van der Waals surface area contributed by atoms with Gasteiger partial charge in [0.15, 0.2) is 23.1 Å². The maximum atomic E-state index is 13.8. The van der Waals surface area contributed by atoms with E-state index >= 15 is 0 Å². The van der Waals surface area contributed by atoms with Gasteiger partial charge in [-0.1, -0.05) is 28.1 Å². The SMILES string of the molecule is COc1cc(-c2nc3ccccc3c(=O)n2N=Cc2cc(Br)cc(Br)c2OC(=O)c2ccc([N+](=O)[O-])cc2)cc(OC)c1OC. The first-order valence-corrected chi connectivity index (χ1v) is 14.6. The number of nitro groups is 1. The normalized spacial score (nSPS) is 11.0. The lowest BCUT2D eigenvalue weighted by Crippen LogP contribution is -2.20. The highest BCUT2D eigenvalue weighted by Crippen LogP contribution is 2.41. The summed E-state index contributed by atoms with van der Waals surface area (Å²) in [5.41, 5.74) is 0.686. The molecule has 12 nitrogen and oxygen atoms in total. The first kappa shape index (κ1) is 31.3. The number of carbonyl (C=O) groups excluding carboxylic acids is 1. The Kier molecular flexibility index (Phi) is 9.25. The minimum atomic E-state index is -0.759. The number of nitro benzene ring substituents is 1. The zero-order valence-corrected chi connectivity index (χ0v) is 27.0. The summed E-state index contributed by atoms with van der Waals surface area (Å²) in [7, 11) is 4.44. The van der Waals surface area contributed by atoms with Crippen LogP contribution in [0.15, 0.2) is 91.6 Å². The van der Waals surface area contributed by atoms with Crippen LogP contribution in [0.25, 0.3) is 22.3 Å². The minimum absolute atomic E-state index is 0.0953. The number of methoxy groups -OCH3 is 3. The van der Waals surface area contributed by atoms with Crippen molar-refractivity contribution >= 4 is 60.6 Å². The van der Waals surface area contributed by atoms with Crippen LogP contribution in [-0.4, -0.2) is 48.1 Å². The Hall–Kier alpha value is -5.08. The summed E-state index contributed by atoms with van der Waals surface area (Å²) >= 11 is 6.85. The first-order valence-electron chi connectivity index (χ1n) is 13.0. The van der Waals surface area contributed by atoms with Crippen LogP contribution in [0.1, 0.15) is 15.9 Å². The smallest absolute Gasteiger partial charge is 0.343 e. The molecule has 0 aliphatic carbocycles. The average molecular weight is 738 g/mol. The minimum Gasteiger partial charge on any atom is -0.493 e. The third kappa shape index (κ3) is 6.42. The number of nitrogens with zero attached hydrogens (tertiary/aromatic N) is 4. The first-order chi connectivity index (χ1) is 21.6. The Labute approximate surface area is 272 Å². The monoisotopic (exact) mass is 736 g/mol. The average Bonchev–Trinajstić information content (AvgIpc) is 3.04. The van der Waals surface area contributed by atoms with E-state index in [1.54, 1.807) is 48.5 Å². The molecular formula is C31H22Br2N4O8. The van der Waals surface area contributed by atoms with E-state index in [0.717, 1.165) is 4.68 Å². The Morgan fingerprint density at radius 1 is 0.933 bits per heavy atom. The van der Waals surface area contributed by atoms with Gasteiger partial charge in [0.05, 0.1) is 53.4 Å². The molecule has 14 heteroatoms. The summed E-state index contributed by atoms with van der Waals surface area (Å²) in [6.45, 7) is 0. The lowest BCUT2D eigenvalue weighted by molar-refractivity contribution is -0.384. The van der Waals surface area contributed by atoms with Gasteiger partial charge in [-0.05, 0) is 64.5 Å². The van der Waals surface area contributed by atoms with Crippen molar-refractivity contribution in [2.45, 2.75) is 0 Å². The van der Waals surface area contributed by atoms with Gasteiger partial charge in [-0.2, -0.15) is 9.78 Å². The van der Waals surface area contributed by atoms with Crippen molar-refractivity contribution in [3.05, 3.63) is 113 Å². The molecule has 0 amide bonds. The predicted octanol–water partition coefficient (Wildman–Crippen LogP) is 6.62. The molecule has 0 unspecified atom stereocenters. The fourth-order valence-corrected chi connectivity index (χ4v) is 5.74. The number of fused-ring (bicyclic) bond motifs is 1. The molecule has 0 atom stereocenters. The molecule has 5 rings (SSSR count). The second-order valence-corrected chi connectivity index (χ2v) is 11.0. The molecule has 1 heterocycles. The maximum Gasteiger partial charge on any atom is 0.343 e. The van der Waals surface area contributed by atoms with Crippen LogP contribution in [0.3, 0.4) is 0 Å². The van der Waals surface area contributed by atoms with E-state index in [2.05, 4.69) is 37.0 Å². The largest absolute Gasteiger partial charge is 0.493 e. The lowest BCUT2D eigenvalue weighted by atomic mass is 10.1. The lowest BCUT2D eigenvalue weighted by Gasteiger charge is -2.15. The van der Waals surface area contributed by atoms with Gasteiger partial charge in [-0.25, -0.2) is 9.78 Å². The third-order valence-corrected chi connectivity index (χ3v) is 7.58. The van der Waals surface area contributed by atoms with E-state index < -0.39 is 16.5 Å². The van der Waals surface area contributed by atoms with Crippen LogP contribution in [0.2, 0.25) is 0 Å². The van der Waals surface area contributed by atoms with E-state index in [0.29, 0.717) is 48.2 Å². The van der Waals surface area contributed by atoms with Gasteiger partial charge in [0.1, 0.15) is 0 Å². The quantitative estimate of drug-likeness (QED) is 0.0536. The van der Waals surface area contributed by atoms with Crippen molar-refractivity contribution in [3.63, 3.8) is 0 Å². The molecule has 45 heavy (non-hydrogen) atoms. The number of hydrogen-bond donors (Lipinski definition) is 0. The summed E-state index contributed by atoms with van der Waals surface area (Å²) in [4.78, 5) is 42.0. The van der Waals surface area contributed by atoms with E-state index in [1.165, 1.54) is 51.8 Å². The van der Waals surface area contributed by atoms with Crippen molar-refractivity contribution in [2.24, 2.45) is 5.10 Å². The molecule has 0 saturated carbocycles. The van der Waals surface area contributed by atoms with E-state index in [4.69, 9.17) is 23.9 Å². The summed E-state index contributed by atoms with van der Waals surface area (Å²) in [5.74, 6) is 0.571. The molecule has 0 spiro atoms. The summed E-state index contributed by atoms with van der Waals surface area (Å²) in [5, 5.41) is 15.8. The number of para-hydroxylation sites is 1. The molecule has 0 bridgehead atoms. The van der Waals surface area contributed by atoms with Gasteiger partial charge in [0.2, 0.25) is 5.75 Å². The summed E-state index contributed by atoms with van der Waals surface area (Å²) in [6.07, 6.45) is 1.35. The maximum absolute atomic E-state index is 13.8. The third-order valence-electron chi connectivity index (χ3n) is 6.53. The fraction of sp³-hybridized carbons (Fsp3) is 0.0968. The van der Waals surface area contributed by atoms with Crippen molar-refractivity contribution in [2.75, 3.05) is 21.3 Å². The van der Waals surface area contributed by atoms with Crippen LogP contribution in [0.4, 0.5) is 5.69 Å². The number of halogens is 2. The zero-order valence-electron chi connectivity index (χ0n) is 23.8. The van der Waals surface area contributed by atoms with Crippen molar-refractivity contribution in [1.29, 1.82) is 0 Å². The number of esters is 1. The topological polar surface area (TPSA) is 144 Å². The van der Waals surface area contributed by atoms with Crippen LogP contribution in [0, 0.1) is 10.1 Å². The highest BCUT2D eigenvalue weighted by molar-refractivity contribution is 9.11. The Morgan fingerprint density at radius 2 is 1.60 bits per heavy atom. The summed E-state index contributed by atoms with van der Waals surface area (Å²) in [6, 6.07) is 18.5. The molecule has 0 radical (unpaired) electrons. The number of carbonyl (C=O) groups is 1. The molecular weight excluding hydrogens is 716 g/mol. The highest BCUT2D eigenvalue weighted by atomic mass is 79.9. The number of aromatic nitrogens is 2. The van der Waals surface area contributed by atoms with E-state index in [1.807, 2.05) is 0 Å². The molecule has 1 aromatic heterocycles. The molecule has 5 aromatic rings. The highest BCUT2D eigenvalue weighted by Gasteiger charge is 2.20. The Morgan fingerprint density at radius 3 is 2.22 bits per heavy atom. The van der Waals surface area contributed by atoms with Gasteiger partial charge < -0.3 is 18.9 Å². The second kappa shape index (κ2) is 13.3. The number of benzene rings is 4. The summed E-state index contributed by atoms with van der Waals surface area (Å²) < 4.78 is 24.3. The molecule has 0 aliphatic heterocycles. The van der Waals surface area contributed by atoms with Gasteiger partial charge in [0, 0.05) is 27.7 Å². The Balaban J connectivity index is 1.64. The molecule has 0 aliphatic rings. The van der Waals surface area contributed by atoms with Gasteiger partial charge in [-0.15, -0.1) is 0 Å². The number of hydrogen-bond acceptors (Lipinski definition) is 10. The predicted molar refractivity (Wildman–Crippen MR) is 174 cm³/mol. The molecule has 4 aromatic carbocycles. The molecule has 0 fully saturated rings. The van der Waals surface area contributed by atoms with Crippen LogP contribution < -0.4 is 24.5 Å². The second-order valence-electron chi connectivity index (χ2n) is 9.23. The van der Waals surface area contributed by atoms with Gasteiger partial charge >= 0.3 is 5.97 Å². The molecule has 0 N–H and O–H groups in total. The van der Waals surface area contributed by atoms with E-state index in [-0.39, 0.29) is 22.8 Å². The van der Waals surface area contributed by atoms with Gasteiger partial charge in [-0.3, -0.25) is 14.9 Å². The zero-order chi connectivity index (χ0) is 32.2. The van der Waals surface area contributed by atoms with Crippen molar-refractivity contribution in [1.82, 2.24) is 9.66 Å². The van der Waals surface area contributed by atoms with Crippen molar-refractivity contribution < 1.29 is 28.7 Å². The molecule has 0 saturated heterocycles. The fourth-order valence-electron chi connectivity index (χ4n) is 4.40. The standard InChI is InChI=1S/C31H22Br2N4O8/c1-42-25-13-18(14-26(43-2)28(25)44-3)29-35-24-7-5-4-6-22(24)30(38)36(29)34-16-19-12-20(32)15-23(33)27(19)45-31(39)17-8-10-21(11-9-17)37(40)41/h4-16H,1-3H3. The van der Waals surface area contributed by atoms with E-state index in [9.17, 15) is 19.7 Å². The van der Waals surface area contributed by atoms with Crippen LogP contribution >= 0.6 is 31.9 Å². The van der Waals surface area contributed by atoms with Crippen LogP contribution in [-0.2, 0) is 0 Å². The van der Waals surface area contributed by atoms with Crippen LogP contribution in [0.5, 0.6) is 23.0 Å². The number of non-ortho nitro benzene ring substituents is 1. The number of rotatable bonds is 9.